The maximum Gasteiger partial charge on any atom is 0.206 e. The Morgan fingerprint density at radius 1 is 0.861 bits per heavy atom. The summed E-state index contributed by atoms with van der Waals surface area (Å²) >= 11 is 1.63. The molecule has 5 nitrogen and oxygen atoms in total. The van der Waals surface area contributed by atoms with E-state index in [2.05, 4.69) is 104 Å². The fourth-order valence-corrected chi connectivity index (χ4v) is 5.95. The third kappa shape index (κ3) is 5.30. The lowest BCUT2D eigenvalue weighted by atomic mass is 9.86. The fraction of sp³-hybridized carbons (Fsp3) is 0.233. The number of rotatable bonds is 7. The van der Waals surface area contributed by atoms with E-state index in [1.807, 2.05) is 18.5 Å². The molecule has 0 aliphatic carbocycles. The lowest BCUT2D eigenvalue weighted by Crippen LogP contribution is -2.47. The number of fused-ring (bicyclic) bond motifs is 1. The quantitative estimate of drug-likeness (QED) is 0.290. The SMILES string of the molecule is c1ccc(C[C@@H]2CCN(Cc3ccccc3)C[C@@H]2Nc2nnc(-c3ccc4cnccc4c3)s2)cc1. The standard InChI is InChI=1S/C30H29N5S/c1-3-7-22(8-4-1)17-25-14-16-35(20-23-9-5-2-6-10-23)21-28(25)32-30-34-33-29(36-30)26-11-12-27-19-31-15-13-24(27)18-26/h1-13,15,18-19,25,28H,14,16-17,20-21H2,(H,32,34)/t25-,28-/m0/s1. The first kappa shape index (κ1) is 22.8. The highest BCUT2D eigenvalue weighted by molar-refractivity contribution is 7.18. The molecule has 1 saturated heterocycles. The molecule has 2 atom stereocenters. The number of piperidine rings is 1. The molecule has 1 N–H and O–H groups in total. The van der Waals surface area contributed by atoms with Crippen LogP contribution in [0.2, 0.25) is 0 Å². The zero-order chi connectivity index (χ0) is 24.2. The molecule has 180 valence electrons. The van der Waals surface area contributed by atoms with Gasteiger partial charge in [0.25, 0.3) is 0 Å². The molecule has 6 heteroatoms. The van der Waals surface area contributed by atoms with Crippen LogP contribution < -0.4 is 5.32 Å². The first-order valence-corrected chi connectivity index (χ1v) is 13.4. The van der Waals surface area contributed by atoms with Crippen LogP contribution in [0, 0.1) is 5.92 Å². The van der Waals surface area contributed by atoms with Gasteiger partial charge in [-0.1, -0.05) is 84.1 Å². The molecule has 36 heavy (non-hydrogen) atoms. The van der Waals surface area contributed by atoms with Gasteiger partial charge in [-0.2, -0.15) is 0 Å². The summed E-state index contributed by atoms with van der Waals surface area (Å²) in [4.78, 5) is 6.78. The van der Waals surface area contributed by atoms with Crippen LogP contribution in [0.3, 0.4) is 0 Å². The van der Waals surface area contributed by atoms with E-state index in [0.29, 0.717) is 12.0 Å². The number of pyridine rings is 1. The van der Waals surface area contributed by atoms with Gasteiger partial charge in [0.15, 0.2) is 0 Å². The van der Waals surface area contributed by atoms with Crippen LogP contribution in [0.1, 0.15) is 17.5 Å². The molecule has 5 aromatic rings. The van der Waals surface area contributed by atoms with Crippen molar-refractivity contribution in [1.82, 2.24) is 20.1 Å². The number of hydrogen-bond acceptors (Lipinski definition) is 6. The number of benzene rings is 3. The monoisotopic (exact) mass is 491 g/mol. The molecule has 0 radical (unpaired) electrons. The smallest absolute Gasteiger partial charge is 0.206 e. The minimum absolute atomic E-state index is 0.311. The van der Waals surface area contributed by atoms with Gasteiger partial charge < -0.3 is 5.32 Å². The number of anilines is 1. The maximum atomic E-state index is 4.54. The van der Waals surface area contributed by atoms with Crippen LogP contribution >= 0.6 is 11.3 Å². The number of likely N-dealkylation sites (tertiary alicyclic amines) is 1. The first-order chi connectivity index (χ1) is 17.8. The van der Waals surface area contributed by atoms with Crippen LogP contribution in [0.5, 0.6) is 0 Å². The Labute approximate surface area is 215 Å². The Kier molecular flexibility index (Phi) is 6.70. The zero-order valence-corrected chi connectivity index (χ0v) is 20.9. The van der Waals surface area contributed by atoms with E-state index in [4.69, 9.17) is 0 Å². The van der Waals surface area contributed by atoms with Crippen molar-refractivity contribution < 1.29 is 0 Å². The summed E-state index contributed by atoms with van der Waals surface area (Å²) in [5, 5.41) is 17.0. The Bertz CT molecular complexity index is 1420. The van der Waals surface area contributed by atoms with Crippen molar-refractivity contribution in [3.05, 3.63) is 108 Å². The van der Waals surface area contributed by atoms with E-state index in [0.717, 1.165) is 53.6 Å². The molecule has 0 saturated carbocycles. The summed E-state index contributed by atoms with van der Waals surface area (Å²) in [6, 6.07) is 30.3. The summed E-state index contributed by atoms with van der Waals surface area (Å²) in [5.41, 5.74) is 3.85. The molecule has 3 heterocycles. The van der Waals surface area contributed by atoms with Crippen molar-refractivity contribution in [3.63, 3.8) is 0 Å². The number of nitrogens with one attached hydrogen (secondary N) is 1. The molecule has 1 aliphatic rings. The van der Waals surface area contributed by atoms with E-state index < -0.39 is 0 Å². The molecule has 6 rings (SSSR count). The number of aromatic nitrogens is 3. The summed E-state index contributed by atoms with van der Waals surface area (Å²) in [6.45, 7) is 3.08. The van der Waals surface area contributed by atoms with Crippen LogP contribution in [-0.2, 0) is 13.0 Å². The molecule has 0 unspecified atom stereocenters. The van der Waals surface area contributed by atoms with Gasteiger partial charge in [-0.05, 0) is 54.0 Å². The Balaban J connectivity index is 1.21. The predicted molar refractivity (Wildman–Crippen MR) is 148 cm³/mol. The van der Waals surface area contributed by atoms with E-state index in [1.54, 1.807) is 11.3 Å². The molecule has 0 amide bonds. The van der Waals surface area contributed by atoms with E-state index in [9.17, 15) is 0 Å². The molecular formula is C30H29N5S. The van der Waals surface area contributed by atoms with Gasteiger partial charge >= 0.3 is 0 Å². The Morgan fingerprint density at radius 3 is 2.50 bits per heavy atom. The topological polar surface area (TPSA) is 53.9 Å². The van der Waals surface area contributed by atoms with Crippen LogP contribution in [0.15, 0.2) is 97.3 Å². The van der Waals surface area contributed by atoms with Gasteiger partial charge in [0.1, 0.15) is 5.01 Å². The van der Waals surface area contributed by atoms with Gasteiger partial charge in [0, 0.05) is 42.5 Å². The van der Waals surface area contributed by atoms with Gasteiger partial charge in [-0.15, -0.1) is 10.2 Å². The van der Waals surface area contributed by atoms with Crippen molar-refractivity contribution in [3.8, 4) is 10.6 Å². The average molecular weight is 492 g/mol. The maximum absolute atomic E-state index is 4.54. The largest absolute Gasteiger partial charge is 0.356 e. The summed E-state index contributed by atoms with van der Waals surface area (Å²) in [5.74, 6) is 0.542. The summed E-state index contributed by atoms with van der Waals surface area (Å²) in [6.07, 6.45) is 5.95. The summed E-state index contributed by atoms with van der Waals surface area (Å²) < 4.78 is 0. The van der Waals surface area contributed by atoms with Crippen molar-refractivity contribution >= 4 is 27.2 Å². The second-order valence-corrected chi connectivity index (χ2v) is 10.5. The first-order valence-electron chi connectivity index (χ1n) is 12.5. The molecule has 0 bridgehead atoms. The van der Waals surface area contributed by atoms with Gasteiger partial charge in [-0.25, -0.2) is 0 Å². The average Bonchev–Trinajstić information content (AvgIpc) is 3.40. The Hall–Kier alpha value is -3.61. The second kappa shape index (κ2) is 10.6. The van der Waals surface area contributed by atoms with E-state index in [1.165, 1.54) is 16.5 Å². The van der Waals surface area contributed by atoms with E-state index >= 15 is 0 Å². The fourth-order valence-electron chi connectivity index (χ4n) is 5.15. The van der Waals surface area contributed by atoms with Crippen molar-refractivity contribution in [2.45, 2.75) is 25.4 Å². The van der Waals surface area contributed by atoms with Gasteiger partial charge in [-0.3, -0.25) is 9.88 Å². The van der Waals surface area contributed by atoms with Crippen molar-refractivity contribution in [1.29, 1.82) is 0 Å². The highest BCUT2D eigenvalue weighted by atomic mass is 32.1. The van der Waals surface area contributed by atoms with Crippen molar-refractivity contribution in [2.24, 2.45) is 5.92 Å². The summed E-state index contributed by atoms with van der Waals surface area (Å²) in [7, 11) is 0. The van der Waals surface area contributed by atoms with Gasteiger partial charge in [0.2, 0.25) is 5.13 Å². The lowest BCUT2D eigenvalue weighted by molar-refractivity contribution is 0.162. The van der Waals surface area contributed by atoms with Crippen LogP contribution in [0.25, 0.3) is 21.3 Å². The highest BCUT2D eigenvalue weighted by Crippen LogP contribution is 2.31. The third-order valence-corrected chi connectivity index (χ3v) is 7.95. The normalized spacial score (nSPS) is 18.3. The van der Waals surface area contributed by atoms with Crippen LogP contribution in [-0.4, -0.2) is 39.2 Å². The minimum Gasteiger partial charge on any atom is -0.356 e. The second-order valence-electron chi connectivity index (χ2n) is 9.56. The van der Waals surface area contributed by atoms with Crippen molar-refractivity contribution in [2.75, 3.05) is 18.4 Å². The number of hydrogen-bond donors (Lipinski definition) is 1. The lowest BCUT2D eigenvalue weighted by Gasteiger charge is -2.39. The third-order valence-electron chi connectivity index (χ3n) is 7.05. The molecule has 3 aromatic carbocycles. The van der Waals surface area contributed by atoms with E-state index in [-0.39, 0.29) is 0 Å². The molecule has 0 spiro atoms. The zero-order valence-electron chi connectivity index (χ0n) is 20.1. The van der Waals surface area contributed by atoms with Gasteiger partial charge in [0.05, 0.1) is 0 Å². The molecule has 1 aliphatic heterocycles. The molecule has 1 fully saturated rings. The molecule has 2 aromatic heterocycles. The number of nitrogens with zero attached hydrogens (tertiary/aromatic N) is 4. The predicted octanol–water partition coefficient (Wildman–Crippen LogP) is 6.30. The molecular weight excluding hydrogens is 462 g/mol. The highest BCUT2D eigenvalue weighted by Gasteiger charge is 2.30. The minimum atomic E-state index is 0.311. The van der Waals surface area contributed by atoms with Crippen LogP contribution in [0.4, 0.5) is 5.13 Å². The Morgan fingerprint density at radius 2 is 1.67 bits per heavy atom.